The van der Waals surface area contributed by atoms with Gasteiger partial charge in [0.2, 0.25) is 11.8 Å². The normalized spacial score (nSPS) is 23.1. The average Bonchev–Trinajstić information content (AvgIpc) is 3.31. The van der Waals surface area contributed by atoms with Crippen LogP contribution in [0.25, 0.3) is 5.69 Å². The van der Waals surface area contributed by atoms with Crippen LogP contribution in [-0.4, -0.2) is 45.6 Å². The summed E-state index contributed by atoms with van der Waals surface area (Å²) in [4.78, 5) is 26.5. The first kappa shape index (κ1) is 16.8. The first-order valence-corrected chi connectivity index (χ1v) is 9.36. The molecule has 1 aromatic heterocycles. The SMILES string of the molecule is O=C1CC(C2CCCCN2C(=O)Cc2cnn(-c3ccccc3)c2)CN1. The van der Waals surface area contributed by atoms with Gasteiger partial charge in [-0.1, -0.05) is 18.2 Å². The third kappa shape index (κ3) is 3.49. The van der Waals surface area contributed by atoms with E-state index in [0.29, 0.717) is 19.4 Å². The van der Waals surface area contributed by atoms with Crippen molar-refractivity contribution < 1.29 is 9.59 Å². The summed E-state index contributed by atoms with van der Waals surface area (Å²) >= 11 is 0. The highest BCUT2D eigenvalue weighted by molar-refractivity contribution is 5.80. The number of nitrogens with zero attached hydrogens (tertiary/aromatic N) is 3. The van der Waals surface area contributed by atoms with E-state index in [0.717, 1.165) is 37.1 Å². The van der Waals surface area contributed by atoms with Gasteiger partial charge in [0.05, 0.1) is 18.3 Å². The zero-order valence-electron chi connectivity index (χ0n) is 14.8. The van der Waals surface area contributed by atoms with Crippen LogP contribution in [0.3, 0.4) is 0 Å². The Morgan fingerprint density at radius 3 is 2.85 bits per heavy atom. The van der Waals surface area contributed by atoms with Crippen LogP contribution in [-0.2, 0) is 16.0 Å². The molecule has 0 aliphatic carbocycles. The molecule has 6 heteroatoms. The Hall–Kier alpha value is -2.63. The number of hydrogen-bond acceptors (Lipinski definition) is 3. The van der Waals surface area contributed by atoms with Gasteiger partial charge in [-0.15, -0.1) is 0 Å². The van der Waals surface area contributed by atoms with Crippen molar-refractivity contribution in [2.24, 2.45) is 5.92 Å². The fourth-order valence-corrected chi connectivity index (χ4v) is 4.11. The monoisotopic (exact) mass is 352 g/mol. The van der Waals surface area contributed by atoms with Crippen LogP contribution >= 0.6 is 0 Å². The summed E-state index contributed by atoms with van der Waals surface area (Å²) in [5.74, 6) is 0.498. The number of rotatable bonds is 4. The Morgan fingerprint density at radius 2 is 2.08 bits per heavy atom. The second kappa shape index (κ2) is 7.32. The summed E-state index contributed by atoms with van der Waals surface area (Å²) in [6.07, 6.45) is 7.76. The minimum absolute atomic E-state index is 0.108. The zero-order valence-corrected chi connectivity index (χ0v) is 14.8. The van der Waals surface area contributed by atoms with Gasteiger partial charge in [-0.05, 0) is 37.0 Å². The number of nitrogens with one attached hydrogen (secondary N) is 1. The molecule has 2 atom stereocenters. The zero-order chi connectivity index (χ0) is 17.9. The van der Waals surface area contributed by atoms with Crippen molar-refractivity contribution in [2.75, 3.05) is 13.1 Å². The van der Waals surface area contributed by atoms with Crippen molar-refractivity contribution in [3.63, 3.8) is 0 Å². The highest BCUT2D eigenvalue weighted by Crippen LogP contribution is 2.28. The van der Waals surface area contributed by atoms with E-state index >= 15 is 0 Å². The molecule has 0 spiro atoms. The van der Waals surface area contributed by atoms with Gasteiger partial charge in [-0.2, -0.15) is 5.10 Å². The van der Waals surface area contributed by atoms with Crippen molar-refractivity contribution >= 4 is 11.8 Å². The molecule has 0 saturated carbocycles. The Kier molecular flexibility index (Phi) is 4.73. The van der Waals surface area contributed by atoms with Gasteiger partial charge >= 0.3 is 0 Å². The average molecular weight is 352 g/mol. The third-order valence-corrected chi connectivity index (χ3v) is 5.43. The first-order valence-electron chi connectivity index (χ1n) is 9.36. The molecule has 6 nitrogen and oxygen atoms in total. The summed E-state index contributed by atoms with van der Waals surface area (Å²) in [6, 6.07) is 10.1. The van der Waals surface area contributed by atoms with Crippen LogP contribution in [0.5, 0.6) is 0 Å². The first-order chi connectivity index (χ1) is 12.7. The van der Waals surface area contributed by atoms with Crippen molar-refractivity contribution in [2.45, 2.75) is 38.1 Å². The fourth-order valence-electron chi connectivity index (χ4n) is 4.11. The Balaban J connectivity index is 1.45. The molecule has 1 aromatic carbocycles. The van der Waals surface area contributed by atoms with E-state index < -0.39 is 0 Å². The summed E-state index contributed by atoms with van der Waals surface area (Å²) in [5.41, 5.74) is 1.90. The maximum absolute atomic E-state index is 12.9. The second-order valence-corrected chi connectivity index (χ2v) is 7.22. The topological polar surface area (TPSA) is 67.2 Å². The fraction of sp³-hybridized carbons (Fsp3) is 0.450. The molecule has 2 saturated heterocycles. The Labute approximate surface area is 153 Å². The van der Waals surface area contributed by atoms with Gasteiger partial charge in [-0.3, -0.25) is 9.59 Å². The number of para-hydroxylation sites is 1. The van der Waals surface area contributed by atoms with E-state index in [9.17, 15) is 9.59 Å². The lowest BCUT2D eigenvalue weighted by atomic mass is 9.89. The molecule has 2 unspecified atom stereocenters. The van der Waals surface area contributed by atoms with Gasteiger partial charge in [0, 0.05) is 37.7 Å². The maximum atomic E-state index is 12.9. The van der Waals surface area contributed by atoms with Crippen molar-refractivity contribution in [1.82, 2.24) is 20.0 Å². The summed E-state index contributed by atoms with van der Waals surface area (Å²) < 4.78 is 1.80. The maximum Gasteiger partial charge on any atom is 0.227 e. The van der Waals surface area contributed by atoms with Crippen molar-refractivity contribution in [1.29, 1.82) is 0 Å². The minimum Gasteiger partial charge on any atom is -0.356 e. The molecule has 0 bridgehead atoms. The molecule has 2 amide bonds. The van der Waals surface area contributed by atoms with Gasteiger partial charge in [0.25, 0.3) is 0 Å². The van der Waals surface area contributed by atoms with Crippen LogP contribution in [0, 0.1) is 5.92 Å². The smallest absolute Gasteiger partial charge is 0.227 e. The van der Waals surface area contributed by atoms with Gasteiger partial charge in [0.15, 0.2) is 0 Å². The minimum atomic E-state index is 0.108. The van der Waals surface area contributed by atoms with Crippen LogP contribution in [0.15, 0.2) is 42.7 Å². The highest BCUT2D eigenvalue weighted by atomic mass is 16.2. The van der Waals surface area contributed by atoms with E-state index in [1.807, 2.05) is 41.4 Å². The largest absolute Gasteiger partial charge is 0.356 e. The number of aromatic nitrogens is 2. The number of benzene rings is 1. The highest BCUT2D eigenvalue weighted by Gasteiger charge is 2.36. The lowest BCUT2D eigenvalue weighted by Gasteiger charge is -2.38. The molecule has 136 valence electrons. The van der Waals surface area contributed by atoms with E-state index in [-0.39, 0.29) is 23.8 Å². The van der Waals surface area contributed by atoms with Crippen LogP contribution in [0.4, 0.5) is 0 Å². The second-order valence-electron chi connectivity index (χ2n) is 7.22. The van der Waals surface area contributed by atoms with Crippen molar-refractivity contribution in [3.05, 3.63) is 48.3 Å². The van der Waals surface area contributed by atoms with Crippen LogP contribution < -0.4 is 5.32 Å². The Morgan fingerprint density at radius 1 is 1.23 bits per heavy atom. The van der Waals surface area contributed by atoms with Crippen LogP contribution in [0.1, 0.15) is 31.2 Å². The predicted molar refractivity (Wildman–Crippen MR) is 97.7 cm³/mol. The molecule has 4 rings (SSSR count). The molecule has 2 aliphatic heterocycles. The molecule has 1 N–H and O–H groups in total. The predicted octanol–water partition coefficient (Wildman–Crippen LogP) is 1.93. The number of carbonyl (C=O) groups excluding carboxylic acids is 2. The number of amides is 2. The lowest BCUT2D eigenvalue weighted by molar-refractivity contribution is -0.135. The summed E-state index contributed by atoms with van der Waals surface area (Å²) in [5, 5.41) is 7.29. The molecule has 26 heavy (non-hydrogen) atoms. The van der Waals surface area contributed by atoms with E-state index in [1.54, 1.807) is 10.9 Å². The summed E-state index contributed by atoms with van der Waals surface area (Å²) in [6.45, 7) is 1.49. The van der Waals surface area contributed by atoms with Gasteiger partial charge < -0.3 is 10.2 Å². The Bertz CT molecular complexity index is 786. The molecule has 3 heterocycles. The van der Waals surface area contributed by atoms with E-state index in [1.165, 1.54) is 0 Å². The quantitative estimate of drug-likeness (QED) is 0.914. The van der Waals surface area contributed by atoms with Crippen LogP contribution in [0.2, 0.25) is 0 Å². The molecule has 2 aromatic rings. The number of hydrogen-bond donors (Lipinski definition) is 1. The van der Waals surface area contributed by atoms with Gasteiger partial charge in [-0.25, -0.2) is 4.68 Å². The standard InChI is InChI=1S/C20H24N4O2/c25-19-11-16(13-21-19)18-8-4-5-9-23(18)20(26)10-15-12-22-24(14-15)17-6-2-1-3-7-17/h1-3,6-7,12,14,16,18H,4-5,8-11,13H2,(H,21,25). The number of likely N-dealkylation sites (tertiary alicyclic amines) is 1. The molecule has 2 aliphatic rings. The lowest BCUT2D eigenvalue weighted by Crippen LogP contribution is -2.48. The molecule has 0 radical (unpaired) electrons. The molecular weight excluding hydrogens is 328 g/mol. The molecular formula is C20H24N4O2. The van der Waals surface area contributed by atoms with E-state index in [2.05, 4.69) is 10.4 Å². The van der Waals surface area contributed by atoms with Gasteiger partial charge in [0.1, 0.15) is 0 Å². The van der Waals surface area contributed by atoms with E-state index in [4.69, 9.17) is 0 Å². The summed E-state index contributed by atoms with van der Waals surface area (Å²) in [7, 11) is 0. The number of piperidine rings is 1. The molecule has 2 fully saturated rings. The van der Waals surface area contributed by atoms with Crippen molar-refractivity contribution in [3.8, 4) is 5.69 Å². The number of carbonyl (C=O) groups is 2. The third-order valence-electron chi connectivity index (χ3n) is 5.43.